The number of hydrogen-bond donors (Lipinski definition) is 2. The number of carbonyl (C=O) groups excluding carboxylic acids is 1. The Balaban J connectivity index is 1.61. The fourth-order valence-electron chi connectivity index (χ4n) is 1.73. The summed E-state index contributed by atoms with van der Waals surface area (Å²) in [6.07, 6.45) is 5.36. The first-order valence-electron chi connectivity index (χ1n) is 7.00. The molecular weight excluding hydrogens is 280 g/mol. The van der Waals surface area contributed by atoms with E-state index in [-0.39, 0.29) is 12.4 Å². The van der Waals surface area contributed by atoms with E-state index in [9.17, 15) is 4.79 Å². The van der Waals surface area contributed by atoms with Gasteiger partial charge >= 0.3 is 6.09 Å². The predicted molar refractivity (Wildman–Crippen MR) is 84.2 cm³/mol. The van der Waals surface area contributed by atoms with E-state index >= 15 is 0 Å². The summed E-state index contributed by atoms with van der Waals surface area (Å²) in [5, 5.41) is 11.8. The summed E-state index contributed by atoms with van der Waals surface area (Å²) < 4.78 is 5.09. The monoisotopic (exact) mass is 298 g/mol. The van der Waals surface area contributed by atoms with Gasteiger partial charge in [-0.3, -0.25) is 4.98 Å². The molecule has 1 aromatic carbocycles. The third-order valence-corrected chi connectivity index (χ3v) is 2.85. The van der Waals surface area contributed by atoms with Gasteiger partial charge in [0.15, 0.2) is 0 Å². The molecule has 0 atom stereocenters. The lowest BCUT2D eigenvalue weighted by Crippen LogP contribution is -2.24. The zero-order valence-electron chi connectivity index (χ0n) is 12.1. The number of alkyl carbamates (subject to hydrolysis) is 1. The van der Waals surface area contributed by atoms with Crippen LogP contribution in [0.4, 0.5) is 4.79 Å². The highest BCUT2D eigenvalue weighted by atomic mass is 16.5. The molecule has 0 radical (unpaired) electrons. The van der Waals surface area contributed by atoms with Crippen molar-refractivity contribution >= 4 is 12.2 Å². The van der Waals surface area contributed by atoms with Gasteiger partial charge in [0, 0.05) is 6.54 Å². The van der Waals surface area contributed by atoms with Gasteiger partial charge in [0.25, 0.3) is 0 Å². The minimum absolute atomic E-state index is 0.139. The quantitative estimate of drug-likeness (QED) is 0.804. The van der Waals surface area contributed by atoms with Gasteiger partial charge in [-0.2, -0.15) is 0 Å². The highest BCUT2D eigenvalue weighted by Gasteiger charge is 2.00. The first-order valence-corrected chi connectivity index (χ1v) is 7.00. The van der Waals surface area contributed by atoms with Crippen LogP contribution in [-0.2, 0) is 11.3 Å². The highest BCUT2D eigenvalue weighted by Crippen LogP contribution is 2.07. The summed E-state index contributed by atoms with van der Waals surface area (Å²) in [7, 11) is 0. The fraction of sp³-hybridized carbons (Fsp3) is 0.176. The molecule has 0 aliphatic rings. The molecule has 5 nitrogen and oxygen atoms in total. The van der Waals surface area contributed by atoms with Crippen LogP contribution in [0.15, 0.2) is 54.7 Å². The van der Waals surface area contributed by atoms with Crippen LogP contribution < -0.4 is 5.32 Å². The lowest BCUT2D eigenvalue weighted by atomic mass is 10.2. The molecule has 0 aliphatic heterocycles. The summed E-state index contributed by atoms with van der Waals surface area (Å²) in [4.78, 5) is 15.5. The van der Waals surface area contributed by atoms with Gasteiger partial charge in [-0.05, 0) is 30.2 Å². The van der Waals surface area contributed by atoms with Crippen molar-refractivity contribution in [2.75, 3.05) is 6.54 Å². The first kappa shape index (κ1) is 15.6. The molecule has 1 heterocycles. The van der Waals surface area contributed by atoms with E-state index in [1.54, 1.807) is 12.1 Å². The largest absolute Gasteiger partial charge is 0.506 e. The van der Waals surface area contributed by atoms with Crippen LogP contribution in [0.3, 0.4) is 0 Å². The van der Waals surface area contributed by atoms with Crippen molar-refractivity contribution in [3.63, 3.8) is 0 Å². The van der Waals surface area contributed by atoms with Crippen LogP contribution in [0, 0.1) is 0 Å². The van der Waals surface area contributed by atoms with Crippen LogP contribution in [-0.4, -0.2) is 22.7 Å². The first-order chi connectivity index (χ1) is 10.7. The Labute approximate surface area is 129 Å². The summed E-state index contributed by atoms with van der Waals surface area (Å²) in [6, 6.07) is 12.8. The molecule has 0 aliphatic carbocycles. The van der Waals surface area contributed by atoms with E-state index < -0.39 is 6.09 Å². The predicted octanol–water partition coefficient (Wildman–Crippen LogP) is 3.12. The third-order valence-electron chi connectivity index (χ3n) is 2.85. The van der Waals surface area contributed by atoms with Gasteiger partial charge in [-0.15, -0.1) is 0 Å². The smallest absolute Gasteiger partial charge is 0.407 e. The minimum atomic E-state index is -0.431. The molecule has 0 saturated heterocycles. The normalized spacial score (nSPS) is 10.5. The molecule has 2 rings (SSSR count). The SMILES string of the molecule is O=C(NCCC=Cc1ccc(O)cn1)OCc1ccccc1. The summed E-state index contributed by atoms with van der Waals surface area (Å²) in [5.41, 5.74) is 1.71. The minimum Gasteiger partial charge on any atom is -0.506 e. The molecule has 0 fully saturated rings. The Kier molecular flexibility index (Phi) is 5.99. The average Bonchev–Trinajstić information content (AvgIpc) is 2.55. The molecule has 0 bridgehead atoms. The van der Waals surface area contributed by atoms with Gasteiger partial charge in [0.05, 0.1) is 11.9 Å². The number of nitrogens with one attached hydrogen (secondary N) is 1. The number of ether oxygens (including phenoxy) is 1. The van der Waals surface area contributed by atoms with E-state index in [0.717, 1.165) is 11.3 Å². The number of benzene rings is 1. The summed E-state index contributed by atoms with van der Waals surface area (Å²) >= 11 is 0. The maximum atomic E-state index is 11.5. The Morgan fingerprint density at radius 2 is 2.05 bits per heavy atom. The molecule has 2 aromatic rings. The Morgan fingerprint density at radius 1 is 1.23 bits per heavy atom. The number of carbonyl (C=O) groups is 1. The standard InChI is InChI=1S/C17H18N2O3/c20-16-10-9-15(19-12-16)8-4-5-11-18-17(21)22-13-14-6-2-1-3-7-14/h1-4,6-10,12,20H,5,11,13H2,(H,18,21). The molecule has 0 spiro atoms. The lowest BCUT2D eigenvalue weighted by Gasteiger charge is -2.05. The topological polar surface area (TPSA) is 71.5 Å². The number of amides is 1. The van der Waals surface area contributed by atoms with Crippen LogP contribution >= 0.6 is 0 Å². The number of aromatic nitrogens is 1. The number of rotatable bonds is 6. The van der Waals surface area contributed by atoms with E-state index in [0.29, 0.717) is 13.0 Å². The average molecular weight is 298 g/mol. The van der Waals surface area contributed by atoms with E-state index in [2.05, 4.69) is 10.3 Å². The Bertz CT molecular complexity index is 610. The van der Waals surface area contributed by atoms with E-state index in [1.807, 2.05) is 42.5 Å². The Hall–Kier alpha value is -2.82. The fourth-order valence-corrected chi connectivity index (χ4v) is 1.73. The molecule has 114 valence electrons. The van der Waals surface area contributed by atoms with Crippen molar-refractivity contribution in [1.82, 2.24) is 10.3 Å². The number of aromatic hydroxyl groups is 1. The molecule has 1 aromatic heterocycles. The van der Waals surface area contributed by atoms with Gasteiger partial charge < -0.3 is 15.2 Å². The van der Waals surface area contributed by atoms with Crippen LogP contribution in [0.2, 0.25) is 0 Å². The number of pyridine rings is 1. The maximum absolute atomic E-state index is 11.5. The molecule has 2 N–H and O–H groups in total. The second-order valence-electron chi connectivity index (χ2n) is 4.62. The molecule has 0 saturated carbocycles. The maximum Gasteiger partial charge on any atom is 0.407 e. The molecule has 0 unspecified atom stereocenters. The molecular formula is C17H18N2O3. The van der Waals surface area contributed by atoms with Crippen molar-refractivity contribution in [3.05, 3.63) is 66.0 Å². The molecule has 1 amide bonds. The zero-order valence-corrected chi connectivity index (χ0v) is 12.1. The van der Waals surface area contributed by atoms with Gasteiger partial charge in [-0.1, -0.05) is 36.4 Å². The van der Waals surface area contributed by atoms with Crippen molar-refractivity contribution in [2.24, 2.45) is 0 Å². The zero-order chi connectivity index (χ0) is 15.6. The second-order valence-corrected chi connectivity index (χ2v) is 4.62. The molecule has 5 heteroatoms. The van der Waals surface area contributed by atoms with E-state index in [4.69, 9.17) is 9.84 Å². The summed E-state index contributed by atoms with van der Waals surface area (Å²) in [6.45, 7) is 0.752. The van der Waals surface area contributed by atoms with Crippen LogP contribution in [0.1, 0.15) is 17.7 Å². The number of hydrogen-bond acceptors (Lipinski definition) is 4. The van der Waals surface area contributed by atoms with Gasteiger partial charge in [-0.25, -0.2) is 4.79 Å². The Morgan fingerprint density at radius 3 is 2.77 bits per heavy atom. The lowest BCUT2D eigenvalue weighted by molar-refractivity contribution is 0.140. The van der Waals surface area contributed by atoms with Crippen LogP contribution in [0.25, 0.3) is 6.08 Å². The van der Waals surface area contributed by atoms with Crippen LogP contribution in [0.5, 0.6) is 5.75 Å². The van der Waals surface area contributed by atoms with Crippen molar-refractivity contribution in [3.8, 4) is 5.75 Å². The second kappa shape index (κ2) is 8.46. The van der Waals surface area contributed by atoms with Crippen molar-refractivity contribution in [1.29, 1.82) is 0 Å². The van der Waals surface area contributed by atoms with Gasteiger partial charge in [0.2, 0.25) is 0 Å². The molecule has 22 heavy (non-hydrogen) atoms. The number of nitrogens with zero attached hydrogens (tertiary/aromatic N) is 1. The van der Waals surface area contributed by atoms with Crippen molar-refractivity contribution in [2.45, 2.75) is 13.0 Å². The van der Waals surface area contributed by atoms with Gasteiger partial charge in [0.1, 0.15) is 12.4 Å². The summed E-state index contributed by atoms with van der Waals surface area (Å²) in [5.74, 6) is 0.139. The third kappa shape index (κ3) is 5.66. The van der Waals surface area contributed by atoms with Crippen molar-refractivity contribution < 1.29 is 14.6 Å². The highest BCUT2D eigenvalue weighted by molar-refractivity contribution is 5.67. The van der Waals surface area contributed by atoms with E-state index in [1.165, 1.54) is 6.20 Å².